The number of carbonyl (C=O) groups is 2. The van der Waals surface area contributed by atoms with Crippen LogP contribution in [0.5, 0.6) is 11.5 Å². The van der Waals surface area contributed by atoms with Crippen LogP contribution in [-0.2, 0) is 9.53 Å². The summed E-state index contributed by atoms with van der Waals surface area (Å²) >= 11 is 5.63. The van der Waals surface area contributed by atoms with Gasteiger partial charge in [-0.25, -0.2) is 9.18 Å². The maximum absolute atomic E-state index is 13.7. The predicted molar refractivity (Wildman–Crippen MR) is 87.5 cm³/mol. The normalized spacial score (nSPS) is 13.2. The minimum Gasteiger partial charge on any atom is -0.454 e. The van der Waals surface area contributed by atoms with Gasteiger partial charge in [0.25, 0.3) is 5.91 Å². The van der Waals surface area contributed by atoms with Gasteiger partial charge in [-0.2, -0.15) is 0 Å². The molecule has 1 N–H and O–H groups in total. The van der Waals surface area contributed by atoms with E-state index in [-0.39, 0.29) is 17.4 Å². The van der Waals surface area contributed by atoms with E-state index in [2.05, 4.69) is 5.32 Å². The number of hydrogen-bond donors (Lipinski definition) is 1. The van der Waals surface area contributed by atoms with Crippen molar-refractivity contribution in [2.75, 3.05) is 12.1 Å². The van der Waals surface area contributed by atoms with Gasteiger partial charge in [0.05, 0.1) is 5.56 Å². The van der Waals surface area contributed by atoms with Gasteiger partial charge < -0.3 is 19.5 Å². The van der Waals surface area contributed by atoms with Crippen LogP contribution in [-0.4, -0.2) is 24.8 Å². The molecule has 1 heterocycles. The third kappa shape index (κ3) is 3.83. The van der Waals surface area contributed by atoms with Gasteiger partial charge in [0.15, 0.2) is 17.6 Å². The molecule has 1 amide bonds. The Labute approximate surface area is 147 Å². The zero-order valence-electron chi connectivity index (χ0n) is 13.0. The van der Waals surface area contributed by atoms with Crippen molar-refractivity contribution >= 4 is 29.2 Å². The molecule has 1 aliphatic rings. The molecule has 0 fully saturated rings. The Morgan fingerprint density at radius 2 is 1.96 bits per heavy atom. The number of esters is 1. The SMILES string of the molecule is CC(OC(=O)c1ccc(Cl)cc1F)C(=O)Nc1ccc2c(c1)OCO2. The van der Waals surface area contributed by atoms with E-state index in [4.69, 9.17) is 25.8 Å². The van der Waals surface area contributed by atoms with Gasteiger partial charge in [-0.3, -0.25) is 4.79 Å². The Hall–Kier alpha value is -2.80. The zero-order valence-corrected chi connectivity index (χ0v) is 13.8. The highest BCUT2D eigenvalue weighted by Crippen LogP contribution is 2.34. The van der Waals surface area contributed by atoms with Gasteiger partial charge in [-0.1, -0.05) is 11.6 Å². The molecule has 2 aromatic carbocycles. The Morgan fingerprint density at radius 1 is 1.20 bits per heavy atom. The summed E-state index contributed by atoms with van der Waals surface area (Å²) in [5, 5.41) is 2.74. The molecule has 3 rings (SSSR count). The second-order valence-corrected chi connectivity index (χ2v) is 5.67. The number of hydrogen-bond acceptors (Lipinski definition) is 5. The van der Waals surface area contributed by atoms with E-state index >= 15 is 0 Å². The molecular formula is C17H13ClFNO5. The molecule has 0 spiro atoms. The van der Waals surface area contributed by atoms with Crippen molar-refractivity contribution in [2.24, 2.45) is 0 Å². The van der Waals surface area contributed by atoms with Crippen molar-refractivity contribution < 1.29 is 28.2 Å². The zero-order chi connectivity index (χ0) is 18.0. The first-order valence-electron chi connectivity index (χ1n) is 7.30. The molecule has 1 unspecified atom stereocenters. The Kier molecular flexibility index (Phi) is 4.76. The van der Waals surface area contributed by atoms with Crippen molar-refractivity contribution in [1.82, 2.24) is 0 Å². The van der Waals surface area contributed by atoms with Gasteiger partial charge in [0.2, 0.25) is 6.79 Å². The fourth-order valence-electron chi connectivity index (χ4n) is 2.15. The Morgan fingerprint density at radius 3 is 2.72 bits per heavy atom. The average Bonchev–Trinajstić information content (AvgIpc) is 3.02. The van der Waals surface area contributed by atoms with Crippen molar-refractivity contribution in [1.29, 1.82) is 0 Å². The first kappa shape index (κ1) is 17.0. The molecule has 25 heavy (non-hydrogen) atoms. The molecule has 0 aliphatic carbocycles. The van der Waals surface area contributed by atoms with Crippen molar-refractivity contribution in [2.45, 2.75) is 13.0 Å². The molecule has 0 radical (unpaired) electrons. The number of halogens is 2. The maximum Gasteiger partial charge on any atom is 0.341 e. The van der Waals surface area contributed by atoms with E-state index in [1.54, 1.807) is 18.2 Å². The molecule has 8 heteroatoms. The molecule has 0 saturated heterocycles. The fraction of sp³-hybridized carbons (Fsp3) is 0.176. The molecule has 6 nitrogen and oxygen atoms in total. The van der Waals surface area contributed by atoms with Crippen LogP contribution < -0.4 is 14.8 Å². The van der Waals surface area contributed by atoms with Crippen molar-refractivity contribution in [3.63, 3.8) is 0 Å². The summed E-state index contributed by atoms with van der Waals surface area (Å²) in [5.41, 5.74) is 0.155. The number of rotatable bonds is 4. The number of carbonyl (C=O) groups excluding carboxylic acids is 2. The second-order valence-electron chi connectivity index (χ2n) is 5.23. The highest BCUT2D eigenvalue weighted by molar-refractivity contribution is 6.30. The topological polar surface area (TPSA) is 73.9 Å². The van der Waals surface area contributed by atoms with Crippen LogP contribution in [0.1, 0.15) is 17.3 Å². The predicted octanol–water partition coefficient (Wildman–Crippen LogP) is 3.39. The summed E-state index contributed by atoms with van der Waals surface area (Å²) in [6, 6.07) is 8.42. The lowest BCUT2D eigenvalue weighted by Crippen LogP contribution is -2.30. The fourth-order valence-corrected chi connectivity index (χ4v) is 2.31. The summed E-state index contributed by atoms with van der Waals surface area (Å²) < 4.78 is 29.1. The summed E-state index contributed by atoms with van der Waals surface area (Å²) in [6.07, 6.45) is -1.13. The standard InChI is InChI=1S/C17H13ClFNO5/c1-9(25-17(22)12-4-2-10(18)6-13(12)19)16(21)20-11-3-5-14-15(7-11)24-8-23-14/h2-7,9H,8H2,1H3,(H,20,21). The van der Waals surface area contributed by atoms with E-state index in [0.29, 0.717) is 17.2 Å². The Balaban J connectivity index is 1.63. The highest BCUT2D eigenvalue weighted by atomic mass is 35.5. The monoisotopic (exact) mass is 365 g/mol. The summed E-state index contributed by atoms with van der Waals surface area (Å²) in [5.74, 6) is -1.26. The minimum absolute atomic E-state index is 0.118. The van der Waals surface area contributed by atoms with Gasteiger partial charge in [-0.05, 0) is 37.3 Å². The lowest BCUT2D eigenvalue weighted by atomic mass is 10.2. The van der Waals surface area contributed by atoms with E-state index in [0.717, 1.165) is 6.07 Å². The molecule has 0 bridgehead atoms. The van der Waals surface area contributed by atoms with Crippen LogP contribution in [0.4, 0.5) is 10.1 Å². The molecule has 0 saturated carbocycles. The number of amides is 1. The lowest BCUT2D eigenvalue weighted by Gasteiger charge is -2.14. The number of nitrogens with one attached hydrogen (secondary N) is 1. The van der Waals surface area contributed by atoms with Crippen LogP contribution in [0.15, 0.2) is 36.4 Å². The van der Waals surface area contributed by atoms with Gasteiger partial charge in [-0.15, -0.1) is 0 Å². The molecule has 0 aromatic heterocycles. The van der Waals surface area contributed by atoms with Crippen LogP contribution in [0, 0.1) is 5.82 Å². The summed E-state index contributed by atoms with van der Waals surface area (Å²) in [7, 11) is 0. The van der Waals surface area contributed by atoms with E-state index < -0.39 is 23.8 Å². The number of fused-ring (bicyclic) bond motifs is 1. The first-order valence-corrected chi connectivity index (χ1v) is 7.68. The van der Waals surface area contributed by atoms with Gasteiger partial charge in [0, 0.05) is 16.8 Å². The Bertz CT molecular complexity index is 842. The maximum atomic E-state index is 13.7. The van der Waals surface area contributed by atoms with Crippen molar-refractivity contribution in [3.8, 4) is 11.5 Å². The first-order chi connectivity index (χ1) is 11.9. The third-order valence-corrected chi connectivity index (χ3v) is 3.68. The van der Waals surface area contributed by atoms with Crippen LogP contribution in [0.2, 0.25) is 5.02 Å². The molecule has 1 atom stereocenters. The van der Waals surface area contributed by atoms with Gasteiger partial charge >= 0.3 is 5.97 Å². The highest BCUT2D eigenvalue weighted by Gasteiger charge is 2.22. The molecule has 2 aromatic rings. The van der Waals surface area contributed by atoms with Crippen LogP contribution in [0.3, 0.4) is 0 Å². The lowest BCUT2D eigenvalue weighted by molar-refractivity contribution is -0.123. The molecule has 1 aliphatic heterocycles. The third-order valence-electron chi connectivity index (χ3n) is 3.44. The van der Waals surface area contributed by atoms with E-state index in [9.17, 15) is 14.0 Å². The van der Waals surface area contributed by atoms with Crippen molar-refractivity contribution in [3.05, 3.63) is 52.8 Å². The quantitative estimate of drug-likeness (QED) is 0.841. The number of ether oxygens (including phenoxy) is 3. The minimum atomic E-state index is -1.13. The summed E-state index contributed by atoms with van der Waals surface area (Å²) in [4.78, 5) is 24.1. The molecule has 130 valence electrons. The van der Waals surface area contributed by atoms with Crippen LogP contribution >= 0.6 is 11.6 Å². The average molecular weight is 366 g/mol. The number of anilines is 1. The summed E-state index contributed by atoms with van der Waals surface area (Å²) in [6.45, 7) is 1.50. The largest absolute Gasteiger partial charge is 0.454 e. The molecular weight excluding hydrogens is 353 g/mol. The second kappa shape index (κ2) is 6.98. The van der Waals surface area contributed by atoms with Crippen LogP contribution in [0.25, 0.3) is 0 Å². The number of benzene rings is 2. The smallest absolute Gasteiger partial charge is 0.341 e. The van der Waals surface area contributed by atoms with E-state index in [1.165, 1.54) is 19.1 Å². The van der Waals surface area contributed by atoms with Gasteiger partial charge in [0.1, 0.15) is 5.82 Å². The van der Waals surface area contributed by atoms with E-state index in [1.807, 2.05) is 0 Å².